The molecule has 1 aromatic carbocycles. The van der Waals surface area contributed by atoms with Crippen LogP contribution in [0.15, 0.2) is 52.3 Å². The zero-order valence-corrected chi connectivity index (χ0v) is 15.9. The van der Waals surface area contributed by atoms with E-state index in [-0.39, 0.29) is 17.5 Å². The van der Waals surface area contributed by atoms with Gasteiger partial charge in [0.25, 0.3) is 11.8 Å². The molecule has 0 unspecified atom stereocenters. The second-order valence-corrected chi connectivity index (χ2v) is 7.68. The van der Waals surface area contributed by atoms with Crippen molar-refractivity contribution in [3.63, 3.8) is 0 Å². The molecule has 2 amide bonds. The zero-order valence-electron chi connectivity index (χ0n) is 15.1. The number of amides is 2. The second kappa shape index (κ2) is 7.79. The van der Waals surface area contributed by atoms with Crippen molar-refractivity contribution < 1.29 is 9.59 Å². The third-order valence-electron chi connectivity index (χ3n) is 4.90. The average molecular weight is 390 g/mol. The monoisotopic (exact) mass is 390 g/mol. The van der Waals surface area contributed by atoms with Gasteiger partial charge in [0.2, 0.25) is 0 Å². The van der Waals surface area contributed by atoms with Crippen molar-refractivity contribution >= 4 is 34.7 Å². The van der Waals surface area contributed by atoms with Crippen LogP contribution in [0.5, 0.6) is 0 Å². The number of carbonyl (C=O) groups is 2. The van der Waals surface area contributed by atoms with Gasteiger partial charge in [0, 0.05) is 17.2 Å². The molecular formula is C21H18N4O2S. The first-order valence-electron chi connectivity index (χ1n) is 9.16. The SMILES string of the molecule is N#C/C(C(=O)NC1CCCC1)=C1/N=C(NC(=O)c2cccs2)c2ccccc21. The molecule has 1 fully saturated rings. The maximum atomic E-state index is 12.7. The van der Waals surface area contributed by atoms with E-state index in [4.69, 9.17) is 0 Å². The summed E-state index contributed by atoms with van der Waals surface area (Å²) in [6.45, 7) is 0. The van der Waals surface area contributed by atoms with Crippen LogP contribution in [0.4, 0.5) is 0 Å². The molecular weight excluding hydrogens is 372 g/mol. The van der Waals surface area contributed by atoms with Crippen LogP contribution >= 0.6 is 11.3 Å². The van der Waals surface area contributed by atoms with Crippen molar-refractivity contribution in [1.82, 2.24) is 10.6 Å². The van der Waals surface area contributed by atoms with Crippen LogP contribution in [0.1, 0.15) is 46.5 Å². The molecule has 2 heterocycles. The molecule has 0 saturated heterocycles. The summed E-state index contributed by atoms with van der Waals surface area (Å²) in [5.74, 6) is -0.321. The van der Waals surface area contributed by atoms with Crippen LogP contribution in [0, 0.1) is 11.3 Å². The van der Waals surface area contributed by atoms with Crippen LogP contribution in [-0.2, 0) is 4.79 Å². The molecule has 140 valence electrons. The van der Waals surface area contributed by atoms with Gasteiger partial charge in [-0.25, -0.2) is 4.99 Å². The number of nitrogens with one attached hydrogen (secondary N) is 2. The highest BCUT2D eigenvalue weighted by molar-refractivity contribution is 7.12. The lowest BCUT2D eigenvalue weighted by molar-refractivity contribution is -0.117. The van der Waals surface area contributed by atoms with Crippen molar-refractivity contribution in [3.8, 4) is 6.07 Å². The number of amidine groups is 1. The van der Waals surface area contributed by atoms with E-state index in [1.54, 1.807) is 18.2 Å². The number of thiophene rings is 1. The van der Waals surface area contributed by atoms with E-state index in [0.29, 0.717) is 27.5 Å². The number of aliphatic imine (C=N–C) groups is 1. The Kier molecular flexibility index (Phi) is 5.04. The van der Waals surface area contributed by atoms with Crippen molar-refractivity contribution in [1.29, 1.82) is 5.26 Å². The molecule has 2 N–H and O–H groups in total. The molecule has 1 aliphatic carbocycles. The number of nitriles is 1. The second-order valence-electron chi connectivity index (χ2n) is 6.73. The predicted molar refractivity (Wildman–Crippen MR) is 108 cm³/mol. The van der Waals surface area contributed by atoms with E-state index in [9.17, 15) is 14.9 Å². The van der Waals surface area contributed by atoms with E-state index in [1.807, 2.05) is 29.6 Å². The Morgan fingerprint density at radius 2 is 1.86 bits per heavy atom. The van der Waals surface area contributed by atoms with Gasteiger partial charge < -0.3 is 10.6 Å². The summed E-state index contributed by atoms with van der Waals surface area (Å²) in [5, 5.41) is 17.2. The molecule has 2 aromatic rings. The first kappa shape index (κ1) is 18.1. The number of fused-ring (bicyclic) bond motifs is 1. The molecule has 7 heteroatoms. The van der Waals surface area contributed by atoms with Crippen LogP contribution < -0.4 is 10.6 Å². The van der Waals surface area contributed by atoms with Crippen molar-refractivity contribution in [2.75, 3.05) is 0 Å². The van der Waals surface area contributed by atoms with Crippen LogP contribution in [-0.4, -0.2) is 23.7 Å². The average Bonchev–Trinajstić information content (AvgIpc) is 3.45. The number of hydrogen-bond donors (Lipinski definition) is 2. The Labute approximate surface area is 166 Å². The molecule has 0 radical (unpaired) electrons. The topological polar surface area (TPSA) is 94.3 Å². The van der Waals surface area contributed by atoms with Crippen molar-refractivity contribution in [2.45, 2.75) is 31.7 Å². The molecule has 0 bridgehead atoms. The third kappa shape index (κ3) is 3.47. The largest absolute Gasteiger partial charge is 0.349 e. The highest BCUT2D eigenvalue weighted by Crippen LogP contribution is 2.31. The molecule has 0 spiro atoms. The van der Waals surface area contributed by atoms with Gasteiger partial charge in [-0.2, -0.15) is 5.26 Å². The van der Waals surface area contributed by atoms with E-state index < -0.39 is 5.91 Å². The summed E-state index contributed by atoms with van der Waals surface area (Å²) in [6.07, 6.45) is 4.04. The number of rotatable bonds is 3. The van der Waals surface area contributed by atoms with Crippen molar-refractivity contribution in [2.24, 2.45) is 4.99 Å². The van der Waals surface area contributed by atoms with E-state index in [2.05, 4.69) is 15.6 Å². The number of carbonyl (C=O) groups excluding carboxylic acids is 2. The minimum Gasteiger partial charge on any atom is -0.349 e. The quantitative estimate of drug-likeness (QED) is 0.622. The maximum Gasteiger partial charge on any atom is 0.266 e. The summed E-state index contributed by atoms with van der Waals surface area (Å²) in [5.41, 5.74) is 1.64. The Bertz CT molecular complexity index is 1020. The highest BCUT2D eigenvalue weighted by atomic mass is 32.1. The van der Waals surface area contributed by atoms with Gasteiger partial charge in [0.1, 0.15) is 17.5 Å². The van der Waals surface area contributed by atoms with E-state index in [0.717, 1.165) is 25.7 Å². The Balaban J connectivity index is 1.68. The standard InChI is InChI=1S/C21H18N4O2S/c22-12-16(20(26)23-13-6-1-2-7-13)18-14-8-3-4-9-15(14)19(24-18)25-21(27)17-10-5-11-28-17/h3-5,8-11,13H,1-2,6-7H2,(H,23,26)(H,24,25,27)/b18-16-. The van der Waals surface area contributed by atoms with E-state index >= 15 is 0 Å². The minimum atomic E-state index is -0.409. The summed E-state index contributed by atoms with van der Waals surface area (Å²) in [7, 11) is 0. The first-order chi connectivity index (χ1) is 13.7. The number of nitrogens with zero attached hydrogens (tertiary/aromatic N) is 2. The Morgan fingerprint density at radius 1 is 1.11 bits per heavy atom. The fraction of sp³-hybridized carbons (Fsp3) is 0.238. The van der Waals surface area contributed by atoms with Crippen LogP contribution in [0.3, 0.4) is 0 Å². The van der Waals surface area contributed by atoms with E-state index in [1.165, 1.54) is 11.3 Å². The fourth-order valence-corrected chi connectivity index (χ4v) is 4.15. The number of benzene rings is 1. The van der Waals surface area contributed by atoms with Gasteiger partial charge in [0.15, 0.2) is 0 Å². The lowest BCUT2D eigenvalue weighted by Crippen LogP contribution is -2.33. The third-order valence-corrected chi connectivity index (χ3v) is 5.77. The minimum absolute atomic E-state index is 0.0280. The molecule has 0 atom stereocenters. The van der Waals surface area contributed by atoms with Gasteiger partial charge in [-0.05, 0) is 24.3 Å². The van der Waals surface area contributed by atoms with Crippen molar-refractivity contribution in [3.05, 3.63) is 63.4 Å². The van der Waals surface area contributed by atoms with Gasteiger partial charge >= 0.3 is 0 Å². The zero-order chi connectivity index (χ0) is 19.5. The summed E-state index contributed by atoms with van der Waals surface area (Å²) < 4.78 is 0. The highest BCUT2D eigenvalue weighted by Gasteiger charge is 2.28. The number of hydrogen-bond acceptors (Lipinski definition) is 5. The molecule has 6 nitrogen and oxygen atoms in total. The van der Waals surface area contributed by atoms with Gasteiger partial charge in [-0.3, -0.25) is 9.59 Å². The molecule has 1 aromatic heterocycles. The lowest BCUT2D eigenvalue weighted by Gasteiger charge is -2.11. The van der Waals surface area contributed by atoms with Crippen LogP contribution in [0.2, 0.25) is 0 Å². The summed E-state index contributed by atoms with van der Waals surface area (Å²) in [4.78, 5) is 30.2. The molecule has 2 aliphatic rings. The smallest absolute Gasteiger partial charge is 0.266 e. The van der Waals surface area contributed by atoms with Gasteiger partial charge in [0.05, 0.1) is 10.6 Å². The molecule has 4 rings (SSSR count). The Morgan fingerprint density at radius 3 is 2.54 bits per heavy atom. The molecule has 1 aliphatic heterocycles. The van der Waals surface area contributed by atoms with Gasteiger partial charge in [-0.1, -0.05) is 43.2 Å². The molecule has 28 heavy (non-hydrogen) atoms. The fourth-order valence-electron chi connectivity index (χ4n) is 3.53. The molecule has 1 saturated carbocycles. The summed E-state index contributed by atoms with van der Waals surface area (Å²) >= 11 is 1.33. The summed E-state index contributed by atoms with van der Waals surface area (Å²) in [6, 6.07) is 12.9. The first-order valence-corrected chi connectivity index (χ1v) is 10.0. The van der Waals surface area contributed by atoms with Gasteiger partial charge in [-0.15, -0.1) is 11.3 Å². The lowest BCUT2D eigenvalue weighted by atomic mass is 10.0. The maximum absolute atomic E-state index is 12.7. The Hall–Kier alpha value is -3.24. The normalized spacial score (nSPS) is 17.5. The predicted octanol–water partition coefficient (Wildman–Crippen LogP) is 3.23. The van der Waals surface area contributed by atoms with Crippen LogP contribution in [0.25, 0.3) is 5.70 Å².